The highest BCUT2D eigenvalue weighted by atomic mass is 16.3. The van der Waals surface area contributed by atoms with Crippen molar-refractivity contribution in [3.05, 3.63) is 0 Å². The summed E-state index contributed by atoms with van der Waals surface area (Å²) in [5.41, 5.74) is 0. The summed E-state index contributed by atoms with van der Waals surface area (Å²) in [6, 6.07) is 0. The average molecular weight is 222 g/mol. The second-order valence-corrected chi connectivity index (χ2v) is 7.05. The van der Waals surface area contributed by atoms with Crippen molar-refractivity contribution in [2.75, 3.05) is 0 Å². The predicted octanol–water partition coefficient (Wildman–Crippen LogP) is 3.47. The zero-order valence-corrected chi connectivity index (χ0v) is 10.7. The Hall–Kier alpha value is -0.0400. The maximum Gasteiger partial charge on any atom is 0.0596 e. The Morgan fingerprint density at radius 1 is 0.875 bits per heavy atom. The topological polar surface area (TPSA) is 20.2 Å². The van der Waals surface area contributed by atoms with Gasteiger partial charge in [0.15, 0.2) is 0 Å². The van der Waals surface area contributed by atoms with Gasteiger partial charge in [0.1, 0.15) is 0 Å². The van der Waals surface area contributed by atoms with Crippen LogP contribution in [0.2, 0.25) is 0 Å². The monoisotopic (exact) mass is 222 g/mol. The quantitative estimate of drug-likeness (QED) is 0.720. The van der Waals surface area contributed by atoms with Crippen molar-refractivity contribution >= 4 is 0 Å². The molecule has 1 heteroatoms. The molecule has 0 saturated heterocycles. The van der Waals surface area contributed by atoms with Crippen LogP contribution in [-0.2, 0) is 0 Å². The fourth-order valence-electron chi connectivity index (χ4n) is 5.14. The van der Waals surface area contributed by atoms with E-state index < -0.39 is 0 Å². The molecule has 92 valence electrons. The molecule has 7 atom stereocenters. The first-order valence-electron chi connectivity index (χ1n) is 7.33. The number of aliphatic hydroxyl groups excluding tert-OH is 1. The molecule has 3 saturated carbocycles. The highest BCUT2D eigenvalue weighted by molar-refractivity contribution is 4.97. The molecule has 0 aromatic rings. The van der Waals surface area contributed by atoms with Gasteiger partial charge >= 0.3 is 0 Å². The van der Waals surface area contributed by atoms with E-state index in [4.69, 9.17) is 0 Å². The van der Waals surface area contributed by atoms with E-state index >= 15 is 0 Å². The van der Waals surface area contributed by atoms with Gasteiger partial charge in [0.2, 0.25) is 0 Å². The van der Waals surface area contributed by atoms with Crippen molar-refractivity contribution in [1.29, 1.82) is 0 Å². The summed E-state index contributed by atoms with van der Waals surface area (Å²) >= 11 is 0. The molecule has 0 amide bonds. The molecule has 1 N–H and O–H groups in total. The lowest BCUT2D eigenvalue weighted by atomic mass is 9.66. The minimum atomic E-state index is 0.000509. The fourth-order valence-corrected chi connectivity index (χ4v) is 5.14. The minimum absolute atomic E-state index is 0.000509. The van der Waals surface area contributed by atoms with Crippen molar-refractivity contribution in [3.8, 4) is 0 Å². The average Bonchev–Trinajstić information content (AvgIpc) is 2.84. The van der Waals surface area contributed by atoms with Crippen LogP contribution in [-0.4, -0.2) is 11.2 Å². The van der Waals surface area contributed by atoms with Gasteiger partial charge < -0.3 is 5.11 Å². The summed E-state index contributed by atoms with van der Waals surface area (Å²) in [5, 5.41) is 10.4. The lowest BCUT2D eigenvalue weighted by Gasteiger charge is -2.42. The van der Waals surface area contributed by atoms with Gasteiger partial charge in [-0.15, -0.1) is 0 Å². The van der Waals surface area contributed by atoms with Gasteiger partial charge in [-0.05, 0) is 67.6 Å². The minimum Gasteiger partial charge on any atom is -0.393 e. The van der Waals surface area contributed by atoms with Gasteiger partial charge in [0.05, 0.1) is 6.10 Å². The largest absolute Gasteiger partial charge is 0.393 e. The summed E-state index contributed by atoms with van der Waals surface area (Å²) in [6.07, 6.45) is 8.39. The van der Waals surface area contributed by atoms with E-state index in [0.717, 1.165) is 23.7 Å². The van der Waals surface area contributed by atoms with E-state index in [9.17, 15) is 5.11 Å². The van der Waals surface area contributed by atoms with Crippen molar-refractivity contribution in [3.63, 3.8) is 0 Å². The van der Waals surface area contributed by atoms with Crippen molar-refractivity contribution in [1.82, 2.24) is 0 Å². The van der Waals surface area contributed by atoms with E-state index in [1.165, 1.54) is 38.5 Å². The van der Waals surface area contributed by atoms with E-state index in [2.05, 4.69) is 13.8 Å². The van der Waals surface area contributed by atoms with E-state index in [0.29, 0.717) is 11.8 Å². The molecule has 3 aliphatic carbocycles. The van der Waals surface area contributed by atoms with Gasteiger partial charge in [-0.25, -0.2) is 0 Å². The molecule has 3 rings (SSSR count). The summed E-state index contributed by atoms with van der Waals surface area (Å²) in [6.45, 7) is 4.63. The third-order valence-corrected chi connectivity index (χ3v) is 5.81. The molecule has 0 radical (unpaired) electrons. The predicted molar refractivity (Wildman–Crippen MR) is 66.0 cm³/mol. The number of aliphatic hydroxyl groups is 1. The lowest BCUT2D eigenvalue weighted by molar-refractivity contribution is -0.0312. The molecule has 0 aliphatic heterocycles. The molecule has 0 aromatic heterocycles. The van der Waals surface area contributed by atoms with Crippen LogP contribution in [0, 0.1) is 35.5 Å². The van der Waals surface area contributed by atoms with Crippen LogP contribution in [0.5, 0.6) is 0 Å². The molecule has 0 heterocycles. The zero-order chi connectivity index (χ0) is 11.3. The van der Waals surface area contributed by atoms with Crippen LogP contribution in [0.1, 0.15) is 52.4 Å². The summed E-state index contributed by atoms with van der Waals surface area (Å²) in [5.74, 6) is 4.88. The SMILES string of the molecule is CC1CC(C)C(O)C(C2CC3CCC2C3)C1. The molecule has 3 aliphatic rings. The molecular formula is C15H26O. The number of hydrogen-bond donors (Lipinski definition) is 1. The van der Waals surface area contributed by atoms with Crippen molar-refractivity contribution < 1.29 is 5.11 Å². The normalized spacial score (nSPS) is 56.8. The van der Waals surface area contributed by atoms with Crippen LogP contribution in [0.4, 0.5) is 0 Å². The summed E-state index contributed by atoms with van der Waals surface area (Å²) in [7, 11) is 0. The Labute approximate surface area is 99.6 Å². The van der Waals surface area contributed by atoms with Crippen LogP contribution in [0.3, 0.4) is 0 Å². The van der Waals surface area contributed by atoms with Gasteiger partial charge in [-0.2, -0.15) is 0 Å². The fraction of sp³-hybridized carbons (Fsp3) is 1.00. The van der Waals surface area contributed by atoms with Crippen molar-refractivity contribution in [2.24, 2.45) is 35.5 Å². The van der Waals surface area contributed by atoms with Crippen LogP contribution >= 0.6 is 0 Å². The molecule has 0 spiro atoms. The van der Waals surface area contributed by atoms with Crippen LogP contribution in [0.25, 0.3) is 0 Å². The maximum atomic E-state index is 10.4. The van der Waals surface area contributed by atoms with Gasteiger partial charge in [0.25, 0.3) is 0 Å². The third-order valence-electron chi connectivity index (χ3n) is 5.81. The molecule has 16 heavy (non-hydrogen) atoms. The molecule has 1 nitrogen and oxygen atoms in total. The highest BCUT2D eigenvalue weighted by Crippen LogP contribution is 2.54. The van der Waals surface area contributed by atoms with Gasteiger partial charge in [-0.1, -0.05) is 20.3 Å². The molecular weight excluding hydrogens is 196 g/mol. The Balaban J connectivity index is 1.73. The van der Waals surface area contributed by atoms with Crippen molar-refractivity contribution in [2.45, 2.75) is 58.5 Å². The van der Waals surface area contributed by atoms with Crippen LogP contribution in [0.15, 0.2) is 0 Å². The lowest BCUT2D eigenvalue weighted by Crippen LogP contribution is -2.40. The second kappa shape index (κ2) is 4.01. The molecule has 0 aromatic carbocycles. The number of fused-ring (bicyclic) bond motifs is 2. The van der Waals surface area contributed by atoms with Gasteiger partial charge in [0, 0.05) is 0 Å². The first-order chi connectivity index (χ1) is 7.65. The van der Waals surface area contributed by atoms with Gasteiger partial charge in [-0.3, -0.25) is 0 Å². The standard InChI is InChI=1S/C15H26O/c1-9-5-10(2)15(16)14(6-9)13-8-11-3-4-12(13)7-11/h9-16H,3-8H2,1-2H3. The zero-order valence-electron chi connectivity index (χ0n) is 10.7. The molecule has 2 bridgehead atoms. The molecule has 3 fully saturated rings. The summed E-state index contributed by atoms with van der Waals surface area (Å²) in [4.78, 5) is 0. The number of rotatable bonds is 1. The maximum absolute atomic E-state index is 10.4. The molecule has 7 unspecified atom stereocenters. The first-order valence-corrected chi connectivity index (χ1v) is 7.33. The Morgan fingerprint density at radius 2 is 1.69 bits per heavy atom. The van der Waals surface area contributed by atoms with E-state index in [1.54, 1.807) is 0 Å². The van der Waals surface area contributed by atoms with E-state index in [1.807, 2.05) is 0 Å². The Morgan fingerprint density at radius 3 is 2.31 bits per heavy atom. The van der Waals surface area contributed by atoms with E-state index in [-0.39, 0.29) is 6.10 Å². The smallest absolute Gasteiger partial charge is 0.0596 e. The summed E-state index contributed by atoms with van der Waals surface area (Å²) < 4.78 is 0. The Kier molecular flexibility index (Phi) is 2.78. The highest BCUT2D eigenvalue weighted by Gasteiger charge is 2.47. The van der Waals surface area contributed by atoms with Crippen LogP contribution < -0.4 is 0 Å². The first kappa shape index (κ1) is 11.1. The number of hydrogen-bond acceptors (Lipinski definition) is 1. The third kappa shape index (κ3) is 1.72. The Bertz CT molecular complexity index is 262. The second-order valence-electron chi connectivity index (χ2n) is 7.05.